The third kappa shape index (κ3) is 3.59. The normalized spacial score (nSPS) is 22.1. The van der Waals surface area contributed by atoms with Gasteiger partial charge >= 0.3 is 0 Å². The monoisotopic (exact) mass is 276 g/mol. The molecule has 5 heteroatoms. The van der Waals surface area contributed by atoms with Crippen molar-refractivity contribution >= 4 is 18.3 Å². The van der Waals surface area contributed by atoms with Gasteiger partial charge in [0, 0.05) is 39.3 Å². The number of carbonyl (C=O) groups is 1. The van der Waals surface area contributed by atoms with Crippen molar-refractivity contribution in [2.24, 2.45) is 11.3 Å². The van der Waals surface area contributed by atoms with Crippen molar-refractivity contribution in [2.45, 2.75) is 32.1 Å². The lowest BCUT2D eigenvalue weighted by molar-refractivity contribution is -0.132. The molecule has 0 atom stereocenters. The molecule has 1 saturated carbocycles. The zero-order valence-corrected chi connectivity index (χ0v) is 12.0. The quantitative estimate of drug-likeness (QED) is 0.770. The van der Waals surface area contributed by atoms with Gasteiger partial charge in [-0.15, -0.1) is 12.4 Å². The van der Waals surface area contributed by atoms with Crippen LogP contribution in [0.3, 0.4) is 0 Å². The second-order valence-corrected chi connectivity index (χ2v) is 5.46. The van der Waals surface area contributed by atoms with E-state index in [1.807, 2.05) is 0 Å². The van der Waals surface area contributed by atoms with Crippen LogP contribution in [0.15, 0.2) is 0 Å². The van der Waals surface area contributed by atoms with Crippen LogP contribution in [0.2, 0.25) is 0 Å². The third-order valence-electron chi connectivity index (χ3n) is 4.24. The first-order chi connectivity index (χ1) is 8.27. The molecule has 2 aliphatic rings. The second kappa shape index (κ2) is 7.31. The lowest BCUT2D eigenvalue weighted by Crippen LogP contribution is -2.50. The summed E-state index contributed by atoms with van der Waals surface area (Å²) in [6.07, 6.45) is 5.30. The lowest BCUT2D eigenvalue weighted by Gasteiger charge is -2.31. The van der Waals surface area contributed by atoms with Gasteiger partial charge in [-0.2, -0.15) is 0 Å². The summed E-state index contributed by atoms with van der Waals surface area (Å²) in [4.78, 5) is 12.3. The number of methoxy groups -OCH3 is 1. The summed E-state index contributed by atoms with van der Waals surface area (Å²) in [5.41, 5.74) is -0.132. The predicted molar refractivity (Wildman–Crippen MR) is 74.0 cm³/mol. The Bertz CT molecular complexity index is 264. The summed E-state index contributed by atoms with van der Waals surface area (Å²) in [5.74, 6) is 0.902. The van der Waals surface area contributed by atoms with Gasteiger partial charge in [-0.1, -0.05) is 12.8 Å². The predicted octanol–water partition coefficient (Wildman–Crippen LogP) is 1.34. The van der Waals surface area contributed by atoms with Gasteiger partial charge in [0.15, 0.2) is 0 Å². The highest BCUT2D eigenvalue weighted by Gasteiger charge is 2.40. The first kappa shape index (κ1) is 15.7. The van der Waals surface area contributed by atoms with Crippen LogP contribution in [0.4, 0.5) is 0 Å². The van der Waals surface area contributed by atoms with Crippen LogP contribution >= 0.6 is 12.4 Å². The van der Waals surface area contributed by atoms with E-state index in [0.717, 1.165) is 38.9 Å². The molecule has 0 aromatic heterocycles. The fourth-order valence-corrected chi connectivity index (χ4v) is 2.86. The standard InChI is InChI=1S/C13H24N2O2.ClH/c1-17-7-6-13(4-2-3-5-13)12(16)15-10-11-8-14-9-11;/h11,14H,2-10H2,1H3,(H,15,16);1H. The number of rotatable bonds is 6. The summed E-state index contributed by atoms with van der Waals surface area (Å²) in [7, 11) is 1.71. The molecule has 1 aliphatic heterocycles. The summed E-state index contributed by atoms with van der Waals surface area (Å²) < 4.78 is 5.15. The number of nitrogens with one attached hydrogen (secondary N) is 2. The number of amides is 1. The Labute approximate surface area is 116 Å². The van der Waals surface area contributed by atoms with Crippen LogP contribution in [0.1, 0.15) is 32.1 Å². The van der Waals surface area contributed by atoms with Crippen molar-refractivity contribution < 1.29 is 9.53 Å². The van der Waals surface area contributed by atoms with E-state index in [4.69, 9.17) is 4.74 Å². The summed E-state index contributed by atoms with van der Waals surface area (Å²) in [5, 5.41) is 6.37. The molecule has 1 aliphatic carbocycles. The molecule has 0 aromatic carbocycles. The van der Waals surface area contributed by atoms with Crippen molar-refractivity contribution in [3.8, 4) is 0 Å². The van der Waals surface area contributed by atoms with Crippen LogP contribution in [-0.2, 0) is 9.53 Å². The lowest BCUT2D eigenvalue weighted by atomic mass is 9.81. The van der Waals surface area contributed by atoms with Gasteiger partial charge < -0.3 is 15.4 Å². The van der Waals surface area contributed by atoms with Gasteiger partial charge in [-0.3, -0.25) is 4.79 Å². The minimum Gasteiger partial charge on any atom is -0.385 e. The van der Waals surface area contributed by atoms with Crippen molar-refractivity contribution in [1.29, 1.82) is 0 Å². The largest absolute Gasteiger partial charge is 0.385 e. The Morgan fingerprint density at radius 3 is 2.56 bits per heavy atom. The van der Waals surface area contributed by atoms with E-state index in [1.165, 1.54) is 12.8 Å². The molecule has 2 N–H and O–H groups in total. The van der Waals surface area contributed by atoms with Crippen molar-refractivity contribution in [3.63, 3.8) is 0 Å². The Kier molecular flexibility index (Phi) is 6.39. The zero-order chi connectivity index (χ0) is 12.1. The Balaban J connectivity index is 0.00000162. The van der Waals surface area contributed by atoms with Crippen LogP contribution in [0, 0.1) is 11.3 Å². The highest BCUT2D eigenvalue weighted by molar-refractivity contribution is 5.85. The van der Waals surface area contributed by atoms with E-state index in [9.17, 15) is 4.79 Å². The second-order valence-electron chi connectivity index (χ2n) is 5.46. The number of halogens is 1. The number of hydrogen-bond acceptors (Lipinski definition) is 3. The minimum absolute atomic E-state index is 0. The van der Waals surface area contributed by atoms with Gasteiger partial charge in [-0.05, 0) is 19.3 Å². The van der Waals surface area contributed by atoms with Gasteiger partial charge in [-0.25, -0.2) is 0 Å². The Morgan fingerprint density at radius 2 is 2.06 bits per heavy atom. The maximum Gasteiger partial charge on any atom is 0.226 e. The van der Waals surface area contributed by atoms with E-state index >= 15 is 0 Å². The molecule has 0 unspecified atom stereocenters. The zero-order valence-electron chi connectivity index (χ0n) is 11.2. The average molecular weight is 277 g/mol. The Morgan fingerprint density at radius 1 is 1.39 bits per heavy atom. The molecule has 18 heavy (non-hydrogen) atoms. The molecule has 1 heterocycles. The molecular formula is C13H25ClN2O2. The number of carbonyl (C=O) groups excluding carboxylic acids is 1. The molecule has 1 amide bonds. The van der Waals surface area contributed by atoms with Crippen molar-refractivity contribution in [3.05, 3.63) is 0 Å². The third-order valence-corrected chi connectivity index (χ3v) is 4.24. The van der Waals surface area contributed by atoms with Gasteiger partial charge in [0.2, 0.25) is 5.91 Å². The fraction of sp³-hybridized carbons (Fsp3) is 0.923. The molecule has 106 valence electrons. The first-order valence-corrected chi connectivity index (χ1v) is 6.75. The van der Waals surface area contributed by atoms with Crippen LogP contribution in [-0.4, -0.2) is 39.3 Å². The summed E-state index contributed by atoms with van der Waals surface area (Å²) >= 11 is 0. The molecular weight excluding hydrogens is 252 g/mol. The molecule has 0 spiro atoms. The summed E-state index contributed by atoms with van der Waals surface area (Å²) in [6, 6.07) is 0. The Hall–Kier alpha value is -0.320. The van der Waals surface area contributed by atoms with E-state index in [2.05, 4.69) is 10.6 Å². The molecule has 0 radical (unpaired) electrons. The highest BCUT2D eigenvalue weighted by Crippen LogP contribution is 2.41. The van der Waals surface area contributed by atoms with Crippen molar-refractivity contribution in [1.82, 2.24) is 10.6 Å². The SMILES string of the molecule is COCCC1(C(=O)NCC2CNC2)CCCC1.Cl. The molecule has 2 fully saturated rings. The van der Waals surface area contributed by atoms with E-state index in [0.29, 0.717) is 12.5 Å². The van der Waals surface area contributed by atoms with Crippen LogP contribution in [0.25, 0.3) is 0 Å². The maximum absolute atomic E-state index is 12.3. The minimum atomic E-state index is -0.132. The van der Waals surface area contributed by atoms with Crippen LogP contribution in [0.5, 0.6) is 0 Å². The van der Waals surface area contributed by atoms with Gasteiger partial charge in [0.25, 0.3) is 0 Å². The number of ether oxygens (including phenoxy) is 1. The molecule has 0 bridgehead atoms. The van der Waals surface area contributed by atoms with Gasteiger partial charge in [0.05, 0.1) is 5.41 Å². The van der Waals surface area contributed by atoms with Crippen molar-refractivity contribution in [2.75, 3.05) is 33.4 Å². The fourth-order valence-electron chi connectivity index (χ4n) is 2.86. The molecule has 2 rings (SSSR count). The molecule has 4 nitrogen and oxygen atoms in total. The molecule has 0 aromatic rings. The number of hydrogen-bond donors (Lipinski definition) is 2. The smallest absolute Gasteiger partial charge is 0.226 e. The first-order valence-electron chi connectivity index (χ1n) is 6.75. The van der Waals surface area contributed by atoms with Gasteiger partial charge in [0.1, 0.15) is 0 Å². The van der Waals surface area contributed by atoms with E-state index < -0.39 is 0 Å². The van der Waals surface area contributed by atoms with E-state index in [-0.39, 0.29) is 23.7 Å². The van der Waals surface area contributed by atoms with Crippen LogP contribution < -0.4 is 10.6 Å². The average Bonchev–Trinajstić information content (AvgIpc) is 2.74. The molecule has 1 saturated heterocycles. The maximum atomic E-state index is 12.3. The topological polar surface area (TPSA) is 50.4 Å². The summed E-state index contributed by atoms with van der Waals surface area (Å²) in [6.45, 7) is 3.62. The highest BCUT2D eigenvalue weighted by atomic mass is 35.5. The van der Waals surface area contributed by atoms with E-state index in [1.54, 1.807) is 7.11 Å².